The van der Waals surface area contributed by atoms with E-state index in [1.807, 2.05) is 0 Å². The summed E-state index contributed by atoms with van der Waals surface area (Å²) in [5.41, 5.74) is 0.372. The lowest BCUT2D eigenvalue weighted by Gasteiger charge is -2.28. The van der Waals surface area contributed by atoms with Crippen LogP contribution in [0.5, 0.6) is 5.88 Å². The van der Waals surface area contributed by atoms with E-state index in [-0.39, 0.29) is 17.8 Å². The average Bonchev–Trinajstić information content (AvgIpc) is 2.56. The number of benzene rings is 1. The van der Waals surface area contributed by atoms with Crippen LogP contribution in [0.25, 0.3) is 0 Å². The summed E-state index contributed by atoms with van der Waals surface area (Å²) in [4.78, 5) is 16.5. The second-order valence-corrected chi connectivity index (χ2v) is 5.94. The molecule has 0 aliphatic carbocycles. The Bertz CT molecular complexity index is 706. The van der Waals surface area contributed by atoms with Crippen molar-refractivity contribution in [3.05, 3.63) is 53.8 Å². The molecule has 1 saturated heterocycles. The molecule has 2 aromatic rings. The predicted molar refractivity (Wildman–Crippen MR) is 89.7 cm³/mol. The standard InChI is InChI=1S/C18H20FN3O2/c1-12-11-15(9-10-20-12)24-17-4-2-3-16(21-17)22-18(23)13-5-7-14(19)8-6-13/h2-8,12,15,20H,9-11H2,1H3,(H,21,22,23). The molecule has 1 aromatic heterocycles. The number of ether oxygens (including phenoxy) is 1. The molecule has 0 spiro atoms. The minimum atomic E-state index is -0.378. The fourth-order valence-electron chi connectivity index (χ4n) is 2.70. The number of aromatic nitrogens is 1. The van der Waals surface area contributed by atoms with Gasteiger partial charge >= 0.3 is 0 Å². The Kier molecular flexibility index (Phi) is 5.05. The Hall–Kier alpha value is -2.47. The lowest BCUT2D eigenvalue weighted by molar-refractivity contribution is 0.102. The number of hydrogen-bond donors (Lipinski definition) is 2. The van der Waals surface area contributed by atoms with E-state index in [2.05, 4.69) is 22.5 Å². The first-order valence-corrected chi connectivity index (χ1v) is 8.04. The summed E-state index contributed by atoms with van der Waals surface area (Å²) < 4.78 is 18.8. The maximum atomic E-state index is 12.9. The largest absolute Gasteiger partial charge is 0.474 e. The molecule has 1 amide bonds. The fraction of sp³-hybridized carbons (Fsp3) is 0.333. The van der Waals surface area contributed by atoms with Gasteiger partial charge in [0.2, 0.25) is 5.88 Å². The quantitative estimate of drug-likeness (QED) is 0.905. The van der Waals surface area contributed by atoms with Crippen molar-refractivity contribution in [2.24, 2.45) is 0 Å². The number of carbonyl (C=O) groups excluding carboxylic acids is 1. The van der Waals surface area contributed by atoms with Gasteiger partial charge in [0.15, 0.2) is 0 Å². The predicted octanol–water partition coefficient (Wildman–Crippen LogP) is 2.99. The van der Waals surface area contributed by atoms with Crippen LogP contribution >= 0.6 is 0 Å². The van der Waals surface area contributed by atoms with Crippen LogP contribution in [-0.2, 0) is 0 Å². The van der Waals surface area contributed by atoms with Crippen LogP contribution in [0.3, 0.4) is 0 Å². The molecule has 0 bridgehead atoms. The summed E-state index contributed by atoms with van der Waals surface area (Å²) in [5.74, 6) is 0.182. The number of hydrogen-bond acceptors (Lipinski definition) is 4. The Morgan fingerprint density at radius 1 is 1.29 bits per heavy atom. The Labute approximate surface area is 140 Å². The smallest absolute Gasteiger partial charge is 0.256 e. The molecule has 1 fully saturated rings. The number of rotatable bonds is 4. The second kappa shape index (κ2) is 7.40. The zero-order valence-corrected chi connectivity index (χ0v) is 13.5. The second-order valence-electron chi connectivity index (χ2n) is 5.94. The van der Waals surface area contributed by atoms with E-state index in [0.29, 0.717) is 23.3 Å². The minimum Gasteiger partial charge on any atom is -0.474 e. The summed E-state index contributed by atoms with van der Waals surface area (Å²) in [6, 6.07) is 11.0. The van der Waals surface area contributed by atoms with E-state index < -0.39 is 0 Å². The molecule has 1 aromatic carbocycles. The van der Waals surface area contributed by atoms with Crippen molar-refractivity contribution in [1.82, 2.24) is 10.3 Å². The third-order valence-electron chi connectivity index (χ3n) is 3.93. The van der Waals surface area contributed by atoms with Gasteiger partial charge in [-0.15, -0.1) is 0 Å². The molecule has 24 heavy (non-hydrogen) atoms. The topological polar surface area (TPSA) is 63.2 Å². The van der Waals surface area contributed by atoms with Crippen LogP contribution in [0.2, 0.25) is 0 Å². The van der Waals surface area contributed by atoms with Crippen LogP contribution < -0.4 is 15.4 Å². The highest BCUT2D eigenvalue weighted by Gasteiger charge is 2.20. The summed E-state index contributed by atoms with van der Waals surface area (Å²) >= 11 is 0. The Morgan fingerprint density at radius 3 is 2.83 bits per heavy atom. The third kappa shape index (κ3) is 4.29. The van der Waals surface area contributed by atoms with E-state index in [0.717, 1.165) is 19.4 Å². The zero-order chi connectivity index (χ0) is 16.9. The van der Waals surface area contributed by atoms with E-state index in [4.69, 9.17) is 4.74 Å². The van der Waals surface area contributed by atoms with Gasteiger partial charge in [-0.3, -0.25) is 4.79 Å². The molecular formula is C18H20FN3O2. The molecule has 1 aliphatic heterocycles. The van der Waals surface area contributed by atoms with Crippen LogP contribution in [0.15, 0.2) is 42.5 Å². The lowest BCUT2D eigenvalue weighted by atomic mass is 10.0. The highest BCUT2D eigenvalue weighted by Crippen LogP contribution is 2.18. The van der Waals surface area contributed by atoms with Crippen LogP contribution in [0.1, 0.15) is 30.1 Å². The first-order valence-electron chi connectivity index (χ1n) is 8.04. The minimum absolute atomic E-state index is 0.122. The summed E-state index contributed by atoms with van der Waals surface area (Å²) in [7, 11) is 0. The summed E-state index contributed by atoms with van der Waals surface area (Å²) in [5, 5.41) is 6.07. The van der Waals surface area contributed by atoms with Crippen molar-refractivity contribution in [1.29, 1.82) is 0 Å². The van der Waals surface area contributed by atoms with Gasteiger partial charge in [-0.05, 0) is 56.6 Å². The van der Waals surface area contributed by atoms with Gasteiger partial charge in [-0.1, -0.05) is 6.07 Å². The summed E-state index contributed by atoms with van der Waals surface area (Å²) in [6.07, 6.45) is 1.98. The number of nitrogens with zero attached hydrogens (tertiary/aromatic N) is 1. The highest BCUT2D eigenvalue weighted by molar-refractivity contribution is 6.03. The van der Waals surface area contributed by atoms with Crippen molar-refractivity contribution < 1.29 is 13.9 Å². The molecule has 1 aliphatic rings. The number of nitrogens with one attached hydrogen (secondary N) is 2. The molecule has 0 radical (unpaired) electrons. The maximum Gasteiger partial charge on any atom is 0.256 e. The third-order valence-corrected chi connectivity index (χ3v) is 3.93. The molecule has 3 rings (SSSR count). The molecular weight excluding hydrogens is 309 g/mol. The Balaban J connectivity index is 1.64. The molecule has 2 heterocycles. The number of amides is 1. The normalized spacial score (nSPS) is 20.4. The Morgan fingerprint density at radius 2 is 2.08 bits per heavy atom. The number of carbonyl (C=O) groups is 1. The van der Waals surface area contributed by atoms with Crippen molar-refractivity contribution in [3.63, 3.8) is 0 Å². The first-order chi connectivity index (χ1) is 11.6. The molecule has 5 nitrogen and oxygen atoms in total. The van der Waals surface area contributed by atoms with E-state index in [9.17, 15) is 9.18 Å². The molecule has 2 N–H and O–H groups in total. The number of anilines is 1. The number of halogens is 1. The van der Waals surface area contributed by atoms with Crippen LogP contribution in [0, 0.1) is 5.82 Å². The van der Waals surface area contributed by atoms with Gasteiger partial charge in [0.05, 0.1) is 0 Å². The first kappa shape index (κ1) is 16.4. The SMILES string of the molecule is CC1CC(Oc2cccc(NC(=O)c3ccc(F)cc3)n2)CCN1. The fourth-order valence-corrected chi connectivity index (χ4v) is 2.70. The van der Waals surface area contributed by atoms with Gasteiger partial charge < -0.3 is 15.4 Å². The van der Waals surface area contributed by atoms with Gasteiger partial charge in [0, 0.05) is 17.7 Å². The van der Waals surface area contributed by atoms with Gasteiger partial charge in [0.1, 0.15) is 17.7 Å². The van der Waals surface area contributed by atoms with Crippen LogP contribution in [0.4, 0.5) is 10.2 Å². The van der Waals surface area contributed by atoms with Crippen molar-refractivity contribution in [3.8, 4) is 5.88 Å². The molecule has 6 heteroatoms. The van der Waals surface area contributed by atoms with Crippen molar-refractivity contribution in [2.75, 3.05) is 11.9 Å². The lowest BCUT2D eigenvalue weighted by Crippen LogP contribution is -2.40. The average molecular weight is 329 g/mol. The highest BCUT2D eigenvalue weighted by atomic mass is 19.1. The van der Waals surface area contributed by atoms with E-state index in [1.54, 1.807) is 18.2 Å². The summed E-state index contributed by atoms with van der Waals surface area (Å²) in [6.45, 7) is 3.05. The van der Waals surface area contributed by atoms with E-state index in [1.165, 1.54) is 24.3 Å². The molecule has 2 unspecified atom stereocenters. The van der Waals surface area contributed by atoms with Gasteiger partial charge in [-0.25, -0.2) is 4.39 Å². The van der Waals surface area contributed by atoms with E-state index >= 15 is 0 Å². The van der Waals surface area contributed by atoms with Crippen molar-refractivity contribution >= 4 is 11.7 Å². The van der Waals surface area contributed by atoms with Gasteiger partial charge in [0.25, 0.3) is 5.91 Å². The molecule has 2 atom stereocenters. The van der Waals surface area contributed by atoms with Gasteiger partial charge in [-0.2, -0.15) is 4.98 Å². The monoisotopic (exact) mass is 329 g/mol. The molecule has 0 saturated carbocycles. The molecule has 126 valence electrons. The maximum absolute atomic E-state index is 12.9. The number of piperidine rings is 1. The van der Waals surface area contributed by atoms with Crippen LogP contribution in [-0.4, -0.2) is 29.6 Å². The zero-order valence-electron chi connectivity index (χ0n) is 13.5. The van der Waals surface area contributed by atoms with Crippen molar-refractivity contribution in [2.45, 2.75) is 31.9 Å². The number of pyridine rings is 1.